The number of alkyl halides is 3. The van der Waals surface area contributed by atoms with Crippen LogP contribution in [0.15, 0.2) is 18.2 Å². The quantitative estimate of drug-likeness (QED) is 0.510. The first-order valence-corrected chi connectivity index (χ1v) is 6.86. The molecule has 2 atom stereocenters. The molecule has 0 radical (unpaired) electrons. The first kappa shape index (κ1) is 16.2. The van der Waals surface area contributed by atoms with Gasteiger partial charge >= 0.3 is 6.18 Å². The molecule has 2 rings (SSSR count). The van der Waals surface area contributed by atoms with Crippen LogP contribution in [0.5, 0.6) is 0 Å². The van der Waals surface area contributed by atoms with E-state index >= 15 is 0 Å². The molecule has 1 aromatic carbocycles. The lowest BCUT2D eigenvalue weighted by molar-refractivity contribution is -0.140. The van der Waals surface area contributed by atoms with Gasteiger partial charge in [0.1, 0.15) is 5.82 Å². The first-order chi connectivity index (χ1) is 9.91. The average Bonchev–Trinajstić information content (AvgIpc) is 2.45. The summed E-state index contributed by atoms with van der Waals surface area (Å²) in [6.45, 7) is 0.652. The van der Waals surface area contributed by atoms with Crippen LogP contribution >= 0.6 is 0 Å². The van der Waals surface area contributed by atoms with E-state index < -0.39 is 23.6 Å². The molecule has 0 aliphatic carbocycles. The fraction of sp³-hybridized carbons (Fsp3) is 0.571. The van der Waals surface area contributed by atoms with Crippen molar-refractivity contribution in [3.05, 3.63) is 35.1 Å². The van der Waals surface area contributed by atoms with Crippen molar-refractivity contribution in [3.63, 3.8) is 0 Å². The van der Waals surface area contributed by atoms with Gasteiger partial charge < -0.3 is 4.74 Å². The summed E-state index contributed by atoms with van der Waals surface area (Å²) < 4.78 is 57.1. The van der Waals surface area contributed by atoms with Gasteiger partial charge in [-0.2, -0.15) is 13.2 Å². The van der Waals surface area contributed by atoms with Gasteiger partial charge in [-0.15, -0.1) is 0 Å². The molecule has 1 aromatic rings. The van der Waals surface area contributed by atoms with Crippen LogP contribution in [0.4, 0.5) is 17.6 Å². The molecule has 7 heteroatoms. The minimum absolute atomic E-state index is 0.0424. The zero-order chi connectivity index (χ0) is 15.5. The maximum atomic E-state index is 13.3. The van der Waals surface area contributed by atoms with E-state index in [1.165, 1.54) is 6.07 Å². The molecule has 0 aromatic heterocycles. The third-order valence-electron chi connectivity index (χ3n) is 3.67. The molecule has 0 bridgehead atoms. The fourth-order valence-corrected chi connectivity index (χ4v) is 2.53. The molecule has 0 amide bonds. The monoisotopic (exact) mass is 306 g/mol. The average molecular weight is 306 g/mol. The minimum atomic E-state index is -4.72. The van der Waals surface area contributed by atoms with Crippen LogP contribution in [0.1, 0.15) is 42.9 Å². The summed E-state index contributed by atoms with van der Waals surface area (Å²) in [7, 11) is 0. The van der Waals surface area contributed by atoms with Gasteiger partial charge in [0.25, 0.3) is 0 Å². The van der Waals surface area contributed by atoms with Gasteiger partial charge in [0, 0.05) is 12.6 Å². The highest BCUT2D eigenvalue weighted by molar-refractivity contribution is 5.29. The number of nitrogens with one attached hydrogen (secondary N) is 1. The molecule has 1 saturated heterocycles. The van der Waals surface area contributed by atoms with Crippen molar-refractivity contribution in [1.29, 1.82) is 0 Å². The zero-order valence-electron chi connectivity index (χ0n) is 11.4. The Morgan fingerprint density at radius 3 is 2.67 bits per heavy atom. The molecule has 3 nitrogen and oxygen atoms in total. The van der Waals surface area contributed by atoms with E-state index in [1.807, 2.05) is 0 Å². The second kappa shape index (κ2) is 6.72. The molecule has 1 aliphatic heterocycles. The summed E-state index contributed by atoms with van der Waals surface area (Å²) in [5.74, 6) is 4.16. The lowest BCUT2D eigenvalue weighted by Crippen LogP contribution is -2.33. The fourth-order valence-electron chi connectivity index (χ4n) is 2.53. The maximum Gasteiger partial charge on any atom is 0.419 e. The Hall–Kier alpha value is -1.18. The first-order valence-electron chi connectivity index (χ1n) is 6.86. The zero-order valence-corrected chi connectivity index (χ0v) is 11.4. The lowest BCUT2D eigenvalue weighted by Gasteiger charge is -2.27. The van der Waals surface area contributed by atoms with E-state index in [2.05, 4.69) is 5.43 Å². The van der Waals surface area contributed by atoms with E-state index in [0.29, 0.717) is 18.6 Å². The van der Waals surface area contributed by atoms with Crippen LogP contribution in [0.25, 0.3) is 0 Å². The number of nitrogens with two attached hydrogens (primary N) is 1. The van der Waals surface area contributed by atoms with Crippen LogP contribution < -0.4 is 11.3 Å². The molecule has 21 heavy (non-hydrogen) atoms. The van der Waals surface area contributed by atoms with Crippen LogP contribution in [-0.4, -0.2) is 12.7 Å². The van der Waals surface area contributed by atoms with Crippen molar-refractivity contribution >= 4 is 0 Å². The SMILES string of the molecule is NNC(CC1CCCCO1)c1ccc(F)c(C(F)(F)F)c1. The summed E-state index contributed by atoms with van der Waals surface area (Å²) in [6, 6.07) is 2.44. The van der Waals surface area contributed by atoms with E-state index in [9.17, 15) is 17.6 Å². The molecule has 118 valence electrons. The van der Waals surface area contributed by atoms with Gasteiger partial charge in [-0.3, -0.25) is 11.3 Å². The third kappa shape index (κ3) is 4.15. The summed E-state index contributed by atoms with van der Waals surface area (Å²) >= 11 is 0. The summed E-state index contributed by atoms with van der Waals surface area (Å²) in [5, 5.41) is 0. The molecule has 0 spiro atoms. The maximum absolute atomic E-state index is 13.3. The standard InChI is InChI=1S/C14H18F4N2O/c15-12-5-4-9(7-11(12)14(16,17)18)13(20-19)8-10-3-1-2-6-21-10/h4-5,7,10,13,20H,1-3,6,8,19H2. The van der Waals surface area contributed by atoms with Crippen molar-refractivity contribution in [2.24, 2.45) is 5.84 Å². The number of ether oxygens (including phenoxy) is 1. The van der Waals surface area contributed by atoms with Gasteiger partial charge in [-0.25, -0.2) is 4.39 Å². The molecule has 3 N–H and O–H groups in total. The Kier molecular flexibility index (Phi) is 5.18. The topological polar surface area (TPSA) is 47.3 Å². The summed E-state index contributed by atoms with van der Waals surface area (Å²) in [6.07, 6.45) is -1.43. The Morgan fingerprint density at radius 1 is 1.33 bits per heavy atom. The van der Waals surface area contributed by atoms with Gasteiger partial charge in [0.2, 0.25) is 0 Å². The lowest BCUT2D eigenvalue weighted by atomic mass is 9.95. The van der Waals surface area contributed by atoms with Crippen molar-refractivity contribution in [2.45, 2.75) is 44.0 Å². The highest BCUT2D eigenvalue weighted by Gasteiger charge is 2.35. The van der Waals surface area contributed by atoms with E-state index in [0.717, 1.165) is 31.4 Å². The largest absolute Gasteiger partial charge is 0.419 e. The molecule has 1 aliphatic rings. The summed E-state index contributed by atoms with van der Waals surface area (Å²) in [5.41, 5.74) is 1.53. The van der Waals surface area contributed by atoms with Crippen molar-refractivity contribution < 1.29 is 22.3 Å². The van der Waals surface area contributed by atoms with Crippen molar-refractivity contribution in [3.8, 4) is 0 Å². The van der Waals surface area contributed by atoms with E-state index in [4.69, 9.17) is 10.6 Å². The normalized spacial score (nSPS) is 21.3. The molecular weight excluding hydrogens is 288 g/mol. The van der Waals surface area contributed by atoms with Crippen LogP contribution in [-0.2, 0) is 10.9 Å². The summed E-state index contributed by atoms with van der Waals surface area (Å²) in [4.78, 5) is 0. The second-order valence-corrected chi connectivity index (χ2v) is 5.18. The molecule has 1 fully saturated rings. The Balaban J connectivity index is 2.17. The Morgan fingerprint density at radius 2 is 2.10 bits per heavy atom. The number of benzene rings is 1. The van der Waals surface area contributed by atoms with Crippen LogP contribution in [0, 0.1) is 5.82 Å². The van der Waals surface area contributed by atoms with Crippen LogP contribution in [0.3, 0.4) is 0 Å². The van der Waals surface area contributed by atoms with Gasteiger partial charge in [-0.1, -0.05) is 6.07 Å². The highest BCUT2D eigenvalue weighted by atomic mass is 19.4. The van der Waals surface area contributed by atoms with Crippen molar-refractivity contribution in [2.75, 3.05) is 6.61 Å². The van der Waals surface area contributed by atoms with Gasteiger partial charge in [-0.05, 0) is 43.4 Å². The molecule has 2 unspecified atom stereocenters. The molecule has 0 saturated carbocycles. The number of rotatable bonds is 4. The predicted molar refractivity (Wildman–Crippen MR) is 69.7 cm³/mol. The smallest absolute Gasteiger partial charge is 0.378 e. The number of halogens is 4. The Labute approximate surface area is 120 Å². The van der Waals surface area contributed by atoms with E-state index in [1.54, 1.807) is 0 Å². The second-order valence-electron chi connectivity index (χ2n) is 5.18. The van der Waals surface area contributed by atoms with E-state index in [-0.39, 0.29) is 6.10 Å². The number of hydrogen-bond acceptors (Lipinski definition) is 3. The number of hydrogen-bond donors (Lipinski definition) is 2. The van der Waals surface area contributed by atoms with Gasteiger partial charge in [0.05, 0.1) is 11.7 Å². The third-order valence-corrected chi connectivity index (χ3v) is 3.67. The predicted octanol–water partition coefficient (Wildman–Crippen LogP) is 3.31. The molecular formula is C14H18F4N2O. The minimum Gasteiger partial charge on any atom is -0.378 e. The van der Waals surface area contributed by atoms with Crippen molar-refractivity contribution in [1.82, 2.24) is 5.43 Å². The molecule has 1 heterocycles. The van der Waals surface area contributed by atoms with Gasteiger partial charge in [0.15, 0.2) is 0 Å². The highest BCUT2D eigenvalue weighted by Crippen LogP contribution is 2.34. The Bertz CT molecular complexity index is 473. The number of hydrazine groups is 1. The van der Waals surface area contributed by atoms with Crippen LogP contribution in [0.2, 0.25) is 0 Å².